The van der Waals surface area contributed by atoms with Gasteiger partial charge in [-0.25, -0.2) is 12.8 Å². The number of amides is 2. The van der Waals surface area contributed by atoms with Gasteiger partial charge in [-0.1, -0.05) is 60.4 Å². The molecular weight excluding hydrogens is 529 g/mol. The molecule has 1 saturated carbocycles. The number of nitrogens with one attached hydrogen (secondary N) is 1. The van der Waals surface area contributed by atoms with Crippen molar-refractivity contribution < 1.29 is 22.4 Å². The van der Waals surface area contributed by atoms with E-state index in [9.17, 15) is 22.4 Å². The second kappa shape index (κ2) is 12.6. The van der Waals surface area contributed by atoms with Gasteiger partial charge in [0.25, 0.3) is 10.0 Å². The Hall–Kier alpha value is -3.72. The minimum atomic E-state index is -4.24. The van der Waals surface area contributed by atoms with E-state index in [2.05, 4.69) is 5.32 Å². The molecule has 0 unspecified atom stereocenters. The van der Waals surface area contributed by atoms with Crippen LogP contribution in [0, 0.1) is 19.7 Å². The Morgan fingerprint density at radius 1 is 0.900 bits per heavy atom. The third-order valence-corrected chi connectivity index (χ3v) is 9.13. The van der Waals surface area contributed by atoms with Crippen molar-refractivity contribution in [3.05, 3.63) is 95.3 Å². The average Bonchev–Trinajstić information content (AvgIpc) is 3.44. The first-order chi connectivity index (χ1) is 19.0. The molecular formula is C31H36FN3O4S. The topological polar surface area (TPSA) is 86.8 Å². The van der Waals surface area contributed by atoms with Gasteiger partial charge in [0.15, 0.2) is 0 Å². The predicted octanol–water partition coefficient (Wildman–Crippen LogP) is 5.11. The van der Waals surface area contributed by atoms with Crippen LogP contribution in [0.3, 0.4) is 0 Å². The van der Waals surface area contributed by atoms with Gasteiger partial charge in [0.05, 0.1) is 10.6 Å². The van der Waals surface area contributed by atoms with E-state index in [1.165, 1.54) is 17.0 Å². The van der Waals surface area contributed by atoms with Crippen LogP contribution in [0.5, 0.6) is 0 Å². The number of hydrogen-bond acceptors (Lipinski definition) is 4. The van der Waals surface area contributed by atoms with Crippen molar-refractivity contribution in [3.8, 4) is 0 Å². The number of halogens is 1. The van der Waals surface area contributed by atoms with E-state index < -0.39 is 34.3 Å². The van der Waals surface area contributed by atoms with Gasteiger partial charge in [-0.05, 0) is 75.6 Å². The number of carbonyl (C=O) groups excluding carboxylic acids is 2. The largest absolute Gasteiger partial charge is 0.352 e. The molecule has 4 rings (SSSR count). The van der Waals surface area contributed by atoms with Gasteiger partial charge in [0.1, 0.15) is 18.4 Å². The quantitative estimate of drug-likeness (QED) is 0.370. The molecule has 9 heteroatoms. The van der Waals surface area contributed by atoms with E-state index >= 15 is 0 Å². The van der Waals surface area contributed by atoms with Gasteiger partial charge >= 0.3 is 0 Å². The molecule has 0 aliphatic heterocycles. The molecule has 2 amide bonds. The molecule has 3 aromatic carbocycles. The SMILES string of the molecule is Cc1ccc(CN(C(=O)CN(c2ccc(C)cc2)S(=O)(=O)c2ccc(F)cc2)[C@H](C)C(=O)NC2CCCC2)cc1. The highest BCUT2D eigenvalue weighted by molar-refractivity contribution is 7.92. The summed E-state index contributed by atoms with van der Waals surface area (Å²) in [5, 5.41) is 3.06. The fourth-order valence-electron chi connectivity index (χ4n) is 4.84. The highest BCUT2D eigenvalue weighted by Crippen LogP contribution is 2.25. The van der Waals surface area contributed by atoms with Gasteiger partial charge in [0.2, 0.25) is 11.8 Å². The Bertz CT molecular complexity index is 1420. The summed E-state index contributed by atoms with van der Waals surface area (Å²) in [6, 6.07) is 18.2. The summed E-state index contributed by atoms with van der Waals surface area (Å²) >= 11 is 0. The molecule has 0 heterocycles. The average molecular weight is 566 g/mol. The van der Waals surface area contributed by atoms with E-state index in [1.807, 2.05) is 38.1 Å². The van der Waals surface area contributed by atoms with Crippen LogP contribution >= 0.6 is 0 Å². The Kier molecular flexibility index (Phi) is 9.25. The Morgan fingerprint density at radius 2 is 1.45 bits per heavy atom. The van der Waals surface area contributed by atoms with Gasteiger partial charge in [-0.2, -0.15) is 0 Å². The molecule has 212 valence electrons. The normalized spacial score (nSPS) is 14.5. The lowest BCUT2D eigenvalue weighted by molar-refractivity contribution is -0.139. The summed E-state index contributed by atoms with van der Waals surface area (Å²) in [4.78, 5) is 28.5. The minimum absolute atomic E-state index is 0.0780. The Morgan fingerprint density at radius 3 is 2.02 bits per heavy atom. The van der Waals surface area contributed by atoms with Gasteiger partial charge in [-0.3, -0.25) is 13.9 Å². The summed E-state index contributed by atoms with van der Waals surface area (Å²) < 4.78 is 42.2. The van der Waals surface area contributed by atoms with E-state index in [1.54, 1.807) is 31.2 Å². The standard InChI is InChI=1S/C31H36FN3O4S/c1-22-8-12-25(13-9-22)20-34(24(3)31(37)33-27-6-4-5-7-27)30(36)21-35(28-16-10-23(2)11-17-28)40(38,39)29-18-14-26(32)15-19-29/h8-19,24,27H,4-7,20-21H2,1-3H3,(H,33,37)/t24-/m1/s1. The van der Waals surface area contributed by atoms with Crippen molar-refractivity contribution in [3.63, 3.8) is 0 Å². The maximum Gasteiger partial charge on any atom is 0.264 e. The first-order valence-electron chi connectivity index (χ1n) is 13.5. The summed E-state index contributed by atoms with van der Waals surface area (Å²) in [5.74, 6) is -1.36. The number of nitrogens with zero attached hydrogens (tertiary/aromatic N) is 2. The van der Waals surface area contributed by atoms with Crippen LogP contribution in [-0.4, -0.2) is 43.8 Å². The second-order valence-corrected chi connectivity index (χ2v) is 12.3. The first kappa shape index (κ1) is 29.3. The minimum Gasteiger partial charge on any atom is -0.352 e. The Labute approximate surface area is 236 Å². The van der Waals surface area contributed by atoms with Crippen LogP contribution in [-0.2, 0) is 26.2 Å². The molecule has 1 aliphatic carbocycles. The van der Waals surface area contributed by atoms with Crippen molar-refractivity contribution in [1.29, 1.82) is 0 Å². The maximum absolute atomic E-state index is 14.0. The zero-order valence-electron chi connectivity index (χ0n) is 23.1. The van der Waals surface area contributed by atoms with Crippen molar-refractivity contribution in [2.75, 3.05) is 10.8 Å². The number of aryl methyl sites for hydroxylation is 2. The molecule has 1 fully saturated rings. The molecule has 0 saturated heterocycles. The number of carbonyl (C=O) groups is 2. The smallest absolute Gasteiger partial charge is 0.264 e. The van der Waals surface area contributed by atoms with Crippen molar-refractivity contribution in [1.82, 2.24) is 10.2 Å². The first-order valence-corrected chi connectivity index (χ1v) is 15.0. The zero-order chi connectivity index (χ0) is 28.9. The van der Waals surface area contributed by atoms with Crippen LogP contribution in [0.2, 0.25) is 0 Å². The molecule has 0 radical (unpaired) electrons. The second-order valence-electron chi connectivity index (χ2n) is 10.5. The molecule has 0 bridgehead atoms. The number of sulfonamides is 1. The molecule has 7 nitrogen and oxygen atoms in total. The summed E-state index contributed by atoms with van der Waals surface area (Å²) in [6.45, 7) is 5.11. The highest BCUT2D eigenvalue weighted by atomic mass is 32.2. The number of hydrogen-bond donors (Lipinski definition) is 1. The molecule has 40 heavy (non-hydrogen) atoms. The van der Waals surface area contributed by atoms with Crippen LogP contribution < -0.4 is 9.62 Å². The van der Waals surface area contributed by atoms with Gasteiger partial charge in [-0.15, -0.1) is 0 Å². The summed E-state index contributed by atoms with van der Waals surface area (Å²) in [7, 11) is -4.24. The van der Waals surface area contributed by atoms with Gasteiger partial charge in [0, 0.05) is 12.6 Å². The lowest BCUT2D eigenvalue weighted by atomic mass is 10.1. The van der Waals surface area contributed by atoms with Crippen molar-refractivity contribution in [2.45, 2.75) is 70.0 Å². The van der Waals surface area contributed by atoms with Crippen LogP contribution in [0.4, 0.5) is 10.1 Å². The summed E-state index contributed by atoms with van der Waals surface area (Å²) in [5.41, 5.74) is 3.10. The maximum atomic E-state index is 14.0. The van der Waals surface area contributed by atoms with E-state index in [0.717, 1.165) is 58.8 Å². The molecule has 1 atom stereocenters. The molecule has 0 aromatic heterocycles. The molecule has 3 aromatic rings. The monoisotopic (exact) mass is 565 g/mol. The predicted molar refractivity (Wildman–Crippen MR) is 154 cm³/mol. The molecule has 0 spiro atoms. The van der Waals surface area contributed by atoms with Crippen LogP contribution in [0.25, 0.3) is 0 Å². The van der Waals surface area contributed by atoms with Crippen LogP contribution in [0.15, 0.2) is 77.7 Å². The van der Waals surface area contributed by atoms with E-state index in [-0.39, 0.29) is 23.4 Å². The Balaban J connectivity index is 1.67. The zero-order valence-corrected chi connectivity index (χ0v) is 24.0. The lowest BCUT2D eigenvalue weighted by Gasteiger charge is -2.32. The fraction of sp³-hybridized carbons (Fsp3) is 0.355. The van der Waals surface area contributed by atoms with Crippen molar-refractivity contribution in [2.24, 2.45) is 0 Å². The van der Waals surface area contributed by atoms with Gasteiger partial charge < -0.3 is 10.2 Å². The fourth-order valence-corrected chi connectivity index (χ4v) is 6.25. The summed E-state index contributed by atoms with van der Waals surface area (Å²) in [6.07, 6.45) is 3.92. The molecule has 1 aliphatic rings. The third-order valence-electron chi connectivity index (χ3n) is 7.34. The number of benzene rings is 3. The van der Waals surface area contributed by atoms with E-state index in [0.29, 0.717) is 5.69 Å². The number of anilines is 1. The third kappa shape index (κ3) is 7.07. The highest BCUT2D eigenvalue weighted by Gasteiger charge is 2.33. The lowest BCUT2D eigenvalue weighted by Crippen LogP contribution is -2.52. The molecule has 1 N–H and O–H groups in total. The number of rotatable bonds is 10. The van der Waals surface area contributed by atoms with E-state index in [4.69, 9.17) is 0 Å². The van der Waals surface area contributed by atoms with Crippen molar-refractivity contribution >= 4 is 27.5 Å². The van der Waals surface area contributed by atoms with Crippen LogP contribution in [0.1, 0.15) is 49.3 Å².